The smallest absolute Gasteiger partial charge is 0.362 e. The monoisotopic (exact) mass is 647 g/mol. The second-order valence-electron chi connectivity index (χ2n) is 11.6. The zero-order valence-electron chi connectivity index (χ0n) is 26.8. The fourth-order valence-electron chi connectivity index (χ4n) is 5.10. The summed E-state index contributed by atoms with van der Waals surface area (Å²) in [6.07, 6.45) is -1.22. The maximum atomic E-state index is 13.2. The first-order chi connectivity index (χ1) is 22.7. The summed E-state index contributed by atoms with van der Waals surface area (Å²) in [5.41, 5.74) is 1.98. The standard InChI is InChI=1S/C38H37N3O5S/c1-5-44-34(42)32(41-46-33(27-18-10-6-11-19-27)35(43)45-37(2,3)4)31-26-47-36(39-31)40-38(28-20-12-7-13-21-28,29-22-14-8-15-23-29)30-24-16-9-17-25-30/h6-26,33H,5H2,1-4H3,(H,39,40)/b41-32-. The van der Waals surface area contributed by atoms with Crippen molar-refractivity contribution in [2.24, 2.45) is 5.16 Å². The van der Waals surface area contributed by atoms with Crippen LogP contribution < -0.4 is 5.32 Å². The number of rotatable bonds is 12. The molecule has 1 heterocycles. The van der Waals surface area contributed by atoms with E-state index in [2.05, 4.69) is 46.9 Å². The van der Waals surface area contributed by atoms with E-state index in [0.717, 1.165) is 16.7 Å². The molecule has 240 valence electrons. The molecule has 1 unspecified atom stereocenters. The first-order valence-electron chi connectivity index (χ1n) is 15.3. The minimum atomic E-state index is -1.22. The van der Waals surface area contributed by atoms with Crippen LogP contribution >= 0.6 is 11.3 Å². The van der Waals surface area contributed by atoms with Gasteiger partial charge in [-0.15, -0.1) is 11.3 Å². The van der Waals surface area contributed by atoms with Gasteiger partial charge in [0.2, 0.25) is 11.8 Å². The molecule has 0 saturated carbocycles. The highest BCUT2D eigenvalue weighted by Gasteiger charge is 2.37. The number of nitrogens with one attached hydrogen (secondary N) is 1. The maximum Gasteiger partial charge on any atom is 0.362 e. The van der Waals surface area contributed by atoms with Gasteiger partial charge in [-0.1, -0.05) is 126 Å². The molecule has 0 amide bonds. The first-order valence-corrected chi connectivity index (χ1v) is 16.2. The zero-order valence-corrected chi connectivity index (χ0v) is 27.6. The molecule has 8 nitrogen and oxygen atoms in total. The Kier molecular flexibility index (Phi) is 10.5. The van der Waals surface area contributed by atoms with Crippen molar-refractivity contribution >= 4 is 34.1 Å². The largest absolute Gasteiger partial charge is 0.461 e. The summed E-state index contributed by atoms with van der Waals surface area (Å²) >= 11 is 1.31. The number of thiazole rings is 1. The van der Waals surface area contributed by atoms with Crippen LogP contribution in [0.25, 0.3) is 0 Å². The van der Waals surface area contributed by atoms with Crippen LogP contribution in [-0.4, -0.2) is 34.8 Å². The SMILES string of the molecule is CCOC(=O)/C(=N\OC(C(=O)OC(C)(C)C)c1ccccc1)c1csc(NC(c2ccccc2)(c2ccccc2)c2ccccc2)n1. The van der Waals surface area contributed by atoms with Crippen molar-refractivity contribution in [1.29, 1.82) is 0 Å². The lowest BCUT2D eigenvalue weighted by Gasteiger charge is -2.36. The number of anilines is 1. The molecule has 0 radical (unpaired) electrons. The Morgan fingerprint density at radius 2 is 1.28 bits per heavy atom. The Hall–Kier alpha value is -5.28. The number of aromatic nitrogens is 1. The zero-order chi connectivity index (χ0) is 33.3. The van der Waals surface area contributed by atoms with E-state index in [0.29, 0.717) is 10.7 Å². The molecule has 0 aliphatic carbocycles. The van der Waals surface area contributed by atoms with Crippen LogP contribution in [0.3, 0.4) is 0 Å². The van der Waals surface area contributed by atoms with Crippen LogP contribution in [-0.2, 0) is 29.4 Å². The van der Waals surface area contributed by atoms with Crippen LogP contribution in [0.15, 0.2) is 132 Å². The molecule has 47 heavy (non-hydrogen) atoms. The van der Waals surface area contributed by atoms with Gasteiger partial charge in [0.25, 0.3) is 0 Å². The number of hydrogen-bond donors (Lipinski definition) is 1. The Morgan fingerprint density at radius 1 is 0.787 bits per heavy atom. The summed E-state index contributed by atoms with van der Waals surface area (Å²) in [5.74, 6) is -1.38. The van der Waals surface area contributed by atoms with E-state index in [4.69, 9.17) is 19.3 Å². The average Bonchev–Trinajstić information content (AvgIpc) is 3.54. The highest BCUT2D eigenvalue weighted by Crippen LogP contribution is 2.40. The van der Waals surface area contributed by atoms with Crippen LogP contribution in [0.5, 0.6) is 0 Å². The summed E-state index contributed by atoms with van der Waals surface area (Å²) in [6.45, 7) is 7.12. The molecule has 0 saturated heterocycles. The molecule has 1 atom stereocenters. The molecule has 0 spiro atoms. The van der Waals surface area contributed by atoms with Gasteiger partial charge in [-0.3, -0.25) is 0 Å². The molecular weight excluding hydrogens is 611 g/mol. The second-order valence-corrected chi connectivity index (χ2v) is 12.5. The quantitative estimate of drug-likeness (QED) is 0.0636. The van der Waals surface area contributed by atoms with Crippen molar-refractivity contribution in [1.82, 2.24) is 4.98 Å². The van der Waals surface area contributed by atoms with Gasteiger partial charge in [-0.05, 0) is 44.4 Å². The molecule has 0 aliphatic heterocycles. The minimum absolute atomic E-state index is 0.112. The number of carbonyl (C=O) groups excluding carboxylic acids is 2. The first kappa shape index (κ1) is 33.1. The van der Waals surface area contributed by atoms with Crippen LogP contribution in [0, 0.1) is 0 Å². The van der Waals surface area contributed by atoms with E-state index in [1.807, 2.05) is 60.7 Å². The van der Waals surface area contributed by atoms with Crippen molar-refractivity contribution in [2.75, 3.05) is 11.9 Å². The van der Waals surface area contributed by atoms with Gasteiger partial charge in [0, 0.05) is 10.9 Å². The normalized spacial score (nSPS) is 12.6. The highest BCUT2D eigenvalue weighted by atomic mass is 32.1. The number of esters is 2. The van der Waals surface area contributed by atoms with Gasteiger partial charge in [0.05, 0.1) is 6.61 Å². The fraction of sp³-hybridized carbons (Fsp3) is 0.211. The Morgan fingerprint density at radius 3 is 1.74 bits per heavy atom. The van der Waals surface area contributed by atoms with E-state index in [1.165, 1.54) is 11.3 Å². The van der Waals surface area contributed by atoms with Gasteiger partial charge in [0.1, 0.15) is 16.8 Å². The maximum absolute atomic E-state index is 13.2. The molecule has 1 N–H and O–H groups in total. The lowest BCUT2D eigenvalue weighted by Crippen LogP contribution is -2.38. The molecule has 0 bridgehead atoms. The molecule has 0 aliphatic rings. The molecule has 0 fully saturated rings. The summed E-state index contributed by atoms with van der Waals surface area (Å²) < 4.78 is 10.9. The van der Waals surface area contributed by atoms with Gasteiger partial charge in [-0.25, -0.2) is 14.6 Å². The lowest BCUT2D eigenvalue weighted by atomic mass is 9.77. The average molecular weight is 648 g/mol. The van der Waals surface area contributed by atoms with E-state index in [-0.39, 0.29) is 18.0 Å². The van der Waals surface area contributed by atoms with E-state index >= 15 is 0 Å². The number of hydrogen-bond acceptors (Lipinski definition) is 9. The third-order valence-corrected chi connectivity index (χ3v) is 7.86. The van der Waals surface area contributed by atoms with Gasteiger partial charge in [0.15, 0.2) is 5.13 Å². The second kappa shape index (κ2) is 14.9. The van der Waals surface area contributed by atoms with Crippen molar-refractivity contribution < 1.29 is 23.9 Å². The van der Waals surface area contributed by atoms with Gasteiger partial charge >= 0.3 is 11.9 Å². The Labute approximate surface area is 279 Å². The lowest BCUT2D eigenvalue weighted by molar-refractivity contribution is -0.169. The topological polar surface area (TPSA) is 99.1 Å². The van der Waals surface area contributed by atoms with Crippen LogP contribution in [0.4, 0.5) is 5.13 Å². The number of nitrogens with zero attached hydrogens (tertiary/aromatic N) is 2. The predicted octanol–water partition coefficient (Wildman–Crippen LogP) is 7.91. The van der Waals surface area contributed by atoms with Crippen molar-refractivity contribution in [3.05, 3.63) is 155 Å². The minimum Gasteiger partial charge on any atom is -0.461 e. The molecular formula is C38H37N3O5S. The van der Waals surface area contributed by atoms with Gasteiger partial charge < -0.3 is 19.6 Å². The Balaban J connectivity index is 1.56. The van der Waals surface area contributed by atoms with Crippen molar-refractivity contribution in [2.45, 2.75) is 44.9 Å². The number of benzene rings is 4. The molecule has 1 aromatic heterocycles. The summed E-state index contributed by atoms with van der Waals surface area (Å²) in [7, 11) is 0. The summed E-state index contributed by atoms with van der Waals surface area (Å²) in [6, 6.07) is 39.2. The number of ether oxygens (including phenoxy) is 2. The van der Waals surface area contributed by atoms with E-state index in [9.17, 15) is 9.59 Å². The summed E-state index contributed by atoms with van der Waals surface area (Å²) in [4.78, 5) is 37.1. The van der Waals surface area contributed by atoms with Crippen LogP contribution in [0.1, 0.15) is 61.7 Å². The Bertz CT molecular complexity index is 1690. The molecule has 9 heteroatoms. The molecule has 5 aromatic rings. The third-order valence-electron chi connectivity index (χ3n) is 7.10. The molecule has 4 aromatic carbocycles. The van der Waals surface area contributed by atoms with Crippen LogP contribution in [0.2, 0.25) is 0 Å². The molecule has 5 rings (SSSR count). The third kappa shape index (κ3) is 7.93. The highest BCUT2D eigenvalue weighted by molar-refractivity contribution is 7.14. The number of oxime groups is 1. The van der Waals surface area contributed by atoms with Gasteiger partial charge in [-0.2, -0.15) is 0 Å². The van der Waals surface area contributed by atoms with Crippen molar-refractivity contribution in [3.8, 4) is 0 Å². The summed E-state index contributed by atoms with van der Waals surface area (Å²) in [5, 5.41) is 10.1. The predicted molar refractivity (Wildman–Crippen MR) is 184 cm³/mol. The van der Waals surface area contributed by atoms with Crippen molar-refractivity contribution in [3.63, 3.8) is 0 Å². The fourth-order valence-corrected chi connectivity index (χ4v) is 5.85. The number of carbonyl (C=O) groups is 2. The van der Waals surface area contributed by atoms with E-state index in [1.54, 1.807) is 57.3 Å². The van der Waals surface area contributed by atoms with E-state index < -0.39 is 29.2 Å².